The molecule has 0 unspecified atom stereocenters. The third-order valence-corrected chi connectivity index (χ3v) is 8.75. The summed E-state index contributed by atoms with van der Waals surface area (Å²) in [5, 5.41) is 2.89. The van der Waals surface area contributed by atoms with Crippen LogP contribution in [0.25, 0.3) is 11.6 Å². The van der Waals surface area contributed by atoms with Crippen molar-refractivity contribution in [2.24, 2.45) is 0 Å². The maximum absolute atomic E-state index is 12.9. The molecule has 2 aliphatic heterocycles. The highest BCUT2D eigenvalue weighted by Crippen LogP contribution is 2.36. The van der Waals surface area contributed by atoms with Gasteiger partial charge in [0.15, 0.2) is 0 Å². The number of nitrogens with zero attached hydrogens (tertiary/aromatic N) is 1. The first-order chi connectivity index (χ1) is 17.0. The first-order valence-electron chi connectivity index (χ1n) is 12.6. The molecule has 3 heterocycles. The van der Waals surface area contributed by atoms with Gasteiger partial charge in [-0.3, -0.25) is 9.69 Å². The molecule has 3 N–H and O–H groups in total. The molecule has 5 rings (SSSR count). The number of amides is 1. The number of hydrogen-bond acceptors (Lipinski definition) is 5. The van der Waals surface area contributed by atoms with Gasteiger partial charge in [-0.05, 0) is 87.5 Å². The lowest BCUT2D eigenvalue weighted by Gasteiger charge is -2.26. The van der Waals surface area contributed by atoms with E-state index in [1.807, 2.05) is 6.08 Å². The second kappa shape index (κ2) is 10.3. The van der Waals surface area contributed by atoms with Crippen LogP contribution < -0.4 is 10.0 Å². The van der Waals surface area contributed by atoms with Gasteiger partial charge in [0.25, 0.3) is 5.91 Å². The topological polar surface area (TPSA) is 104 Å². The van der Waals surface area contributed by atoms with E-state index in [0.29, 0.717) is 16.8 Å². The molecule has 0 saturated carbocycles. The van der Waals surface area contributed by atoms with E-state index in [-0.39, 0.29) is 10.8 Å². The minimum Gasteiger partial charge on any atom is -0.379 e. The summed E-state index contributed by atoms with van der Waals surface area (Å²) in [6.07, 6.45) is 9.62. The van der Waals surface area contributed by atoms with E-state index in [2.05, 4.69) is 19.9 Å². The van der Waals surface area contributed by atoms with Gasteiger partial charge < -0.3 is 15.0 Å². The van der Waals surface area contributed by atoms with Gasteiger partial charge in [0, 0.05) is 35.7 Å². The van der Waals surface area contributed by atoms with Crippen LogP contribution in [-0.2, 0) is 38.8 Å². The number of H-pyrrole nitrogens is 1. The Bertz CT molecular complexity index is 1240. The zero-order valence-corrected chi connectivity index (χ0v) is 21.1. The number of carbonyl (C=O) groups is 1. The van der Waals surface area contributed by atoms with Crippen LogP contribution in [0.15, 0.2) is 23.1 Å². The molecule has 0 atom stereocenters. The summed E-state index contributed by atoms with van der Waals surface area (Å²) in [4.78, 5) is 19.2. The van der Waals surface area contributed by atoms with E-state index in [1.165, 1.54) is 49.2 Å². The Morgan fingerprint density at radius 3 is 2.74 bits per heavy atom. The van der Waals surface area contributed by atoms with Crippen molar-refractivity contribution in [3.8, 4) is 0 Å². The number of aromatic nitrogens is 1. The molecule has 2 aromatic rings. The lowest BCUT2D eigenvalue weighted by molar-refractivity contribution is -0.110. The number of aryl methyl sites for hydroxylation is 1. The molecular formula is C26H34N4O4S. The quantitative estimate of drug-likeness (QED) is 0.402. The zero-order chi connectivity index (χ0) is 24.4. The smallest absolute Gasteiger partial charge is 0.256 e. The molecule has 0 radical (unpaired) electrons. The highest BCUT2D eigenvalue weighted by atomic mass is 32.2. The second-order valence-corrected chi connectivity index (χ2v) is 11.4. The standard InChI is InChI=1S/C26H34N4O4S/c1-27-35(32,33)18-9-10-24-21(16-18)22(26(31)29-24)17-25-20(7-5-11-30-12-14-34-15-13-30)19-6-3-2-4-8-23(19)28-25/h9-10,16-17,27-28H,2-8,11-15H2,1H3,(H,29,31)/b22-17-. The van der Waals surface area contributed by atoms with Crippen molar-refractivity contribution in [2.45, 2.75) is 49.8 Å². The number of carbonyl (C=O) groups excluding carboxylic acids is 1. The molecule has 0 bridgehead atoms. The van der Waals surface area contributed by atoms with Gasteiger partial charge in [-0.2, -0.15) is 0 Å². The van der Waals surface area contributed by atoms with Crippen LogP contribution in [0.5, 0.6) is 0 Å². The minimum absolute atomic E-state index is 0.147. The number of hydrogen-bond donors (Lipinski definition) is 3. The summed E-state index contributed by atoms with van der Waals surface area (Å²) in [7, 11) is -2.22. The van der Waals surface area contributed by atoms with Gasteiger partial charge in [0.2, 0.25) is 10.0 Å². The second-order valence-electron chi connectivity index (χ2n) is 9.52. The fourth-order valence-corrected chi connectivity index (χ4v) is 6.16. The molecule has 1 fully saturated rings. The number of rotatable bonds is 7. The van der Waals surface area contributed by atoms with Crippen molar-refractivity contribution in [3.63, 3.8) is 0 Å². The predicted octanol–water partition coefficient (Wildman–Crippen LogP) is 2.95. The molecular weight excluding hydrogens is 464 g/mol. The Balaban J connectivity index is 1.48. The van der Waals surface area contributed by atoms with Gasteiger partial charge in [0.1, 0.15) is 0 Å². The first-order valence-corrected chi connectivity index (χ1v) is 14.1. The summed E-state index contributed by atoms with van der Waals surface area (Å²) < 4.78 is 32.6. The van der Waals surface area contributed by atoms with Crippen molar-refractivity contribution in [1.29, 1.82) is 0 Å². The molecule has 1 aromatic heterocycles. The largest absolute Gasteiger partial charge is 0.379 e. The number of nitrogens with one attached hydrogen (secondary N) is 3. The monoisotopic (exact) mass is 498 g/mol. The van der Waals surface area contributed by atoms with Gasteiger partial charge in [-0.1, -0.05) is 6.42 Å². The number of aromatic amines is 1. The minimum atomic E-state index is -3.61. The Labute approximate surface area is 207 Å². The normalized spacial score (nSPS) is 19.9. The maximum Gasteiger partial charge on any atom is 0.256 e. The van der Waals surface area contributed by atoms with E-state index in [9.17, 15) is 13.2 Å². The summed E-state index contributed by atoms with van der Waals surface area (Å²) in [6, 6.07) is 4.75. The number of sulfonamides is 1. The van der Waals surface area contributed by atoms with Crippen LogP contribution in [-0.4, -0.2) is 64.1 Å². The van der Waals surface area contributed by atoms with E-state index in [4.69, 9.17) is 4.74 Å². The van der Waals surface area contributed by atoms with Gasteiger partial charge in [0.05, 0.1) is 23.7 Å². The zero-order valence-electron chi connectivity index (χ0n) is 20.3. The summed E-state index contributed by atoms with van der Waals surface area (Å²) in [5.74, 6) is -0.205. The number of morpholine rings is 1. The van der Waals surface area contributed by atoms with Crippen molar-refractivity contribution in [2.75, 3.05) is 45.2 Å². The fraction of sp³-hybridized carbons (Fsp3) is 0.500. The van der Waals surface area contributed by atoms with E-state index >= 15 is 0 Å². The molecule has 0 spiro atoms. The molecule has 35 heavy (non-hydrogen) atoms. The van der Waals surface area contributed by atoms with Crippen molar-refractivity contribution >= 4 is 33.3 Å². The van der Waals surface area contributed by atoms with Crippen molar-refractivity contribution < 1.29 is 17.9 Å². The van der Waals surface area contributed by atoms with Gasteiger partial charge in [-0.25, -0.2) is 13.1 Å². The van der Waals surface area contributed by atoms with E-state index in [0.717, 1.165) is 64.2 Å². The summed E-state index contributed by atoms with van der Waals surface area (Å²) in [6.45, 7) is 4.61. The predicted molar refractivity (Wildman–Crippen MR) is 137 cm³/mol. The summed E-state index contributed by atoms with van der Waals surface area (Å²) >= 11 is 0. The molecule has 1 aliphatic carbocycles. The highest BCUT2D eigenvalue weighted by molar-refractivity contribution is 7.89. The molecule has 1 aromatic carbocycles. The Morgan fingerprint density at radius 2 is 1.94 bits per heavy atom. The van der Waals surface area contributed by atoms with Gasteiger partial charge >= 0.3 is 0 Å². The molecule has 9 heteroatoms. The molecule has 8 nitrogen and oxygen atoms in total. The van der Waals surface area contributed by atoms with Crippen LogP contribution in [0.2, 0.25) is 0 Å². The Morgan fingerprint density at radius 1 is 1.14 bits per heavy atom. The molecule has 1 saturated heterocycles. The molecule has 3 aliphatic rings. The average Bonchev–Trinajstić information content (AvgIpc) is 3.24. The fourth-order valence-electron chi connectivity index (χ4n) is 5.41. The number of benzene rings is 1. The third-order valence-electron chi connectivity index (χ3n) is 7.34. The highest BCUT2D eigenvalue weighted by Gasteiger charge is 2.28. The van der Waals surface area contributed by atoms with Crippen molar-refractivity contribution in [1.82, 2.24) is 14.6 Å². The maximum atomic E-state index is 12.9. The molecule has 1 amide bonds. The lowest BCUT2D eigenvalue weighted by atomic mass is 9.98. The van der Waals surface area contributed by atoms with Crippen LogP contribution in [0.1, 0.15) is 53.8 Å². The van der Waals surface area contributed by atoms with E-state index < -0.39 is 10.0 Å². The third kappa shape index (κ3) is 5.09. The van der Waals surface area contributed by atoms with E-state index in [1.54, 1.807) is 12.1 Å². The number of fused-ring (bicyclic) bond motifs is 2. The SMILES string of the molecule is CNS(=O)(=O)c1ccc2c(c1)/C(=C/c1[nH]c3c(c1CCCN1CCOCC1)CCCCC3)C(=O)N2. The Hall–Kier alpha value is -2.46. The number of ether oxygens (including phenoxy) is 1. The van der Waals surface area contributed by atoms with Crippen LogP contribution in [0.3, 0.4) is 0 Å². The lowest BCUT2D eigenvalue weighted by Crippen LogP contribution is -2.37. The first kappa shape index (κ1) is 24.2. The summed E-state index contributed by atoms with van der Waals surface area (Å²) in [5.41, 5.74) is 6.76. The molecule has 188 valence electrons. The average molecular weight is 499 g/mol. The van der Waals surface area contributed by atoms with Crippen LogP contribution in [0.4, 0.5) is 5.69 Å². The Kier molecular flexibility index (Phi) is 7.11. The number of anilines is 1. The van der Waals surface area contributed by atoms with Gasteiger partial charge in [-0.15, -0.1) is 0 Å². The van der Waals surface area contributed by atoms with Crippen LogP contribution >= 0.6 is 0 Å². The van der Waals surface area contributed by atoms with Crippen LogP contribution in [0, 0.1) is 0 Å². The van der Waals surface area contributed by atoms with Crippen molar-refractivity contribution in [3.05, 3.63) is 46.3 Å².